The van der Waals surface area contributed by atoms with E-state index in [1.54, 1.807) is 24.3 Å². The molecular formula is C26H22O3S. The van der Waals surface area contributed by atoms with Crippen LogP contribution in [0.15, 0.2) is 114 Å². The maximum absolute atomic E-state index is 12.6. The molecule has 0 aliphatic heterocycles. The molecule has 0 heterocycles. The summed E-state index contributed by atoms with van der Waals surface area (Å²) in [7, 11) is -3.37. The minimum absolute atomic E-state index is 0.00253. The fraction of sp³-hybridized carbons (Fsp3) is 0.0769. The summed E-state index contributed by atoms with van der Waals surface area (Å²) in [6.45, 7) is 0.379. The molecule has 3 nitrogen and oxygen atoms in total. The smallest absolute Gasteiger partial charge is 0.182 e. The lowest BCUT2D eigenvalue weighted by Crippen LogP contribution is -2.05. The van der Waals surface area contributed by atoms with Crippen LogP contribution in [0.4, 0.5) is 0 Å². The fourth-order valence-electron chi connectivity index (χ4n) is 3.21. The Balaban J connectivity index is 1.38. The molecule has 0 bridgehead atoms. The summed E-state index contributed by atoms with van der Waals surface area (Å²) in [5.41, 5.74) is 4.00. The number of benzene rings is 4. The van der Waals surface area contributed by atoms with E-state index in [2.05, 4.69) is 12.1 Å². The Kier molecular flexibility index (Phi) is 5.96. The van der Waals surface area contributed by atoms with E-state index < -0.39 is 9.84 Å². The second kappa shape index (κ2) is 8.97. The number of sulfone groups is 1. The van der Waals surface area contributed by atoms with E-state index in [9.17, 15) is 8.42 Å². The van der Waals surface area contributed by atoms with Gasteiger partial charge in [0, 0.05) is 0 Å². The fourth-order valence-corrected chi connectivity index (χ4v) is 4.56. The molecule has 0 saturated heterocycles. The first-order valence-corrected chi connectivity index (χ1v) is 11.4. The van der Waals surface area contributed by atoms with Gasteiger partial charge in [0.1, 0.15) is 12.4 Å². The van der Waals surface area contributed by atoms with Gasteiger partial charge in [-0.05, 0) is 46.5 Å². The molecule has 4 rings (SSSR count). The zero-order chi connectivity index (χ0) is 20.8. The van der Waals surface area contributed by atoms with Gasteiger partial charge in [-0.2, -0.15) is 0 Å². The van der Waals surface area contributed by atoms with E-state index in [4.69, 9.17) is 4.74 Å². The van der Waals surface area contributed by atoms with Gasteiger partial charge in [0.2, 0.25) is 0 Å². The second-order valence-corrected chi connectivity index (χ2v) is 9.06. The van der Waals surface area contributed by atoms with Gasteiger partial charge < -0.3 is 4.74 Å². The van der Waals surface area contributed by atoms with Gasteiger partial charge in [0.25, 0.3) is 0 Å². The monoisotopic (exact) mass is 414 g/mol. The summed E-state index contributed by atoms with van der Waals surface area (Å²) < 4.78 is 31.1. The Bertz CT molecular complexity index is 1180. The van der Waals surface area contributed by atoms with Crippen LogP contribution in [0.25, 0.3) is 11.1 Å². The third-order valence-corrected chi connectivity index (χ3v) is 6.55. The highest BCUT2D eigenvalue weighted by Gasteiger charge is 2.15. The van der Waals surface area contributed by atoms with E-state index in [0.29, 0.717) is 11.5 Å². The van der Waals surface area contributed by atoms with Crippen molar-refractivity contribution < 1.29 is 13.2 Å². The molecular weight excluding hydrogens is 392 g/mol. The molecule has 4 heteroatoms. The zero-order valence-corrected chi connectivity index (χ0v) is 17.3. The standard InChI is InChI=1S/C26H22O3S/c27-30(28,20-22-7-3-1-4-8-22)26-17-11-21(12-18-26)19-29-25-15-13-24(14-16-25)23-9-5-2-6-10-23/h1-18H,19-20H2. The highest BCUT2D eigenvalue weighted by molar-refractivity contribution is 7.90. The van der Waals surface area contributed by atoms with E-state index in [0.717, 1.165) is 28.0 Å². The van der Waals surface area contributed by atoms with Gasteiger partial charge in [-0.3, -0.25) is 0 Å². The highest BCUT2D eigenvalue weighted by atomic mass is 32.2. The molecule has 4 aromatic carbocycles. The first kappa shape index (κ1) is 19.9. The minimum Gasteiger partial charge on any atom is -0.489 e. The molecule has 0 unspecified atom stereocenters. The van der Waals surface area contributed by atoms with Crippen LogP contribution in [0.1, 0.15) is 11.1 Å². The van der Waals surface area contributed by atoms with Crippen molar-refractivity contribution in [2.24, 2.45) is 0 Å². The lowest BCUT2D eigenvalue weighted by molar-refractivity contribution is 0.306. The van der Waals surface area contributed by atoms with Crippen LogP contribution in [0.5, 0.6) is 5.75 Å². The van der Waals surface area contributed by atoms with Crippen LogP contribution in [0.3, 0.4) is 0 Å². The third kappa shape index (κ3) is 4.97. The van der Waals surface area contributed by atoms with Crippen molar-refractivity contribution in [2.75, 3.05) is 0 Å². The van der Waals surface area contributed by atoms with Gasteiger partial charge in [-0.15, -0.1) is 0 Å². The third-order valence-electron chi connectivity index (χ3n) is 4.85. The molecule has 0 fully saturated rings. The van der Waals surface area contributed by atoms with Crippen molar-refractivity contribution in [1.82, 2.24) is 0 Å². The summed E-state index contributed by atoms with van der Waals surface area (Å²) in [6.07, 6.45) is 0. The summed E-state index contributed by atoms with van der Waals surface area (Å²) >= 11 is 0. The molecule has 0 aliphatic rings. The predicted octanol–water partition coefficient (Wildman–Crippen LogP) is 5.91. The van der Waals surface area contributed by atoms with E-state index in [-0.39, 0.29) is 5.75 Å². The van der Waals surface area contributed by atoms with Gasteiger partial charge in [-0.25, -0.2) is 8.42 Å². The molecule has 150 valence electrons. The van der Waals surface area contributed by atoms with Gasteiger partial charge in [-0.1, -0.05) is 84.9 Å². The first-order chi connectivity index (χ1) is 14.6. The Labute approximate surface area is 177 Å². The maximum Gasteiger partial charge on any atom is 0.182 e. The quantitative estimate of drug-likeness (QED) is 0.378. The molecule has 0 saturated carbocycles. The summed E-state index contributed by atoms with van der Waals surface area (Å²) in [4.78, 5) is 0.322. The summed E-state index contributed by atoms with van der Waals surface area (Å²) in [5, 5.41) is 0. The van der Waals surface area contributed by atoms with Crippen molar-refractivity contribution in [1.29, 1.82) is 0 Å². The predicted molar refractivity (Wildman–Crippen MR) is 120 cm³/mol. The van der Waals surface area contributed by atoms with E-state index in [1.807, 2.05) is 72.8 Å². The van der Waals surface area contributed by atoms with E-state index in [1.165, 1.54) is 0 Å². The lowest BCUT2D eigenvalue weighted by atomic mass is 10.1. The van der Waals surface area contributed by atoms with Crippen LogP contribution in [0.2, 0.25) is 0 Å². The Morgan fingerprint density at radius 3 is 1.77 bits per heavy atom. The summed E-state index contributed by atoms with van der Waals surface area (Å²) in [6, 6.07) is 34.2. The van der Waals surface area contributed by atoms with Crippen molar-refractivity contribution in [3.8, 4) is 16.9 Å². The molecule has 30 heavy (non-hydrogen) atoms. The topological polar surface area (TPSA) is 43.4 Å². The molecule has 0 aromatic heterocycles. The SMILES string of the molecule is O=S(=O)(Cc1ccccc1)c1ccc(COc2ccc(-c3ccccc3)cc2)cc1. The molecule has 0 N–H and O–H groups in total. The molecule has 0 spiro atoms. The second-order valence-electron chi connectivity index (χ2n) is 7.07. The number of hydrogen-bond acceptors (Lipinski definition) is 3. The average molecular weight is 415 g/mol. The van der Waals surface area contributed by atoms with Crippen LogP contribution in [-0.2, 0) is 22.2 Å². The van der Waals surface area contributed by atoms with E-state index >= 15 is 0 Å². The van der Waals surface area contributed by atoms with Crippen LogP contribution < -0.4 is 4.74 Å². The van der Waals surface area contributed by atoms with Crippen LogP contribution in [-0.4, -0.2) is 8.42 Å². The van der Waals surface area contributed by atoms with Crippen molar-refractivity contribution in [3.05, 3.63) is 120 Å². The average Bonchev–Trinajstić information content (AvgIpc) is 2.79. The van der Waals surface area contributed by atoms with Crippen LogP contribution >= 0.6 is 0 Å². The Hall–Kier alpha value is -3.37. The van der Waals surface area contributed by atoms with Gasteiger partial charge in [0.05, 0.1) is 10.6 Å². The van der Waals surface area contributed by atoms with Gasteiger partial charge in [0.15, 0.2) is 9.84 Å². The van der Waals surface area contributed by atoms with Crippen LogP contribution in [0, 0.1) is 0 Å². The molecule has 0 radical (unpaired) electrons. The zero-order valence-electron chi connectivity index (χ0n) is 16.4. The number of ether oxygens (including phenoxy) is 1. The number of rotatable bonds is 7. The normalized spacial score (nSPS) is 11.2. The van der Waals surface area contributed by atoms with Gasteiger partial charge >= 0.3 is 0 Å². The Morgan fingerprint density at radius 1 is 0.567 bits per heavy atom. The Morgan fingerprint density at radius 2 is 1.13 bits per heavy atom. The molecule has 0 amide bonds. The van der Waals surface area contributed by atoms with Crippen molar-refractivity contribution in [2.45, 2.75) is 17.3 Å². The first-order valence-electron chi connectivity index (χ1n) is 9.74. The lowest BCUT2D eigenvalue weighted by Gasteiger charge is -2.09. The van der Waals surface area contributed by atoms with Crippen molar-refractivity contribution >= 4 is 9.84 Å². The highest BCUT2D eigenvalue weighted by Crippen LogP contribution is 2.23. The molecule has 0 atom stereocenters. The largest absolute Gasteiger partial charge is 0.489 e. The maximum atomic E-state index is 12.6. The molecule has 0 aliphatic carbocycles. The van der Waals surface area contributed by atoms with Crippen molar-refractivity contribution in [3.63, 3.8) is 0 Å². The summed E-state index contributed by atoms with van der Waals surface area (Å²) in [5.74, 6) is 0.771. The molecule has 4 aromatic rings. The number of hydrogen-bond donors (Lipinski definition) is 0. The minimum atomic E-state index is -3.37.